The van der Waals surface area contributed by atoms with E-state index in [1.54, 1.807) is 0 Å². The van der Waals surface area contributed by atoms with Crippen LogP contribution in [0.4, 0.5) is 0 Å². The number of hydrogen-bond acceptors (Lipinski definition) is 1. The minimum atomic E-state index is 0. The van der Waals surface area contributed by atoms with E-state index in [4.69, 9.17) is 5.11 Å². The smallest absolute Gasteiger partial charge is 0.0783 e. The second-order valence-corrected chi connectivity index (χ2v) is 4.87. The topological polar surface area (TPSA) is 20.2 Å². The van der Waals surface area contributed by atoms with Crippen LogP contribution in [0.25, 0.3) is 0 Å². The van der Waals surface area contributed by atoms with E-state index >= 15 is 0 Å². The highest BCUT2D eigenvalue weighted by Crippen LogP contribution is 2.07. The molecule has 0 saturated carbocycles. The van der Waals surface area contributed by atoms with Crippen molar-refractivity contribution in [1.29, 1.82) is 0 Å². The Balaban J connectivity index is 0. The summed E-state index contributed by atoms with van der Waals surface area (Å²) < 4.78 is 1.11. The van der Waals surface area contributed by atoms with Crippen LogP contribution in [-0.2, 0) is 0 Å². The predicted molar refractivity (Wildman–Crippen MR) is 62.3 cm³/mol. The molecular formula is C12H28INO. The predicted octanol–water partition coefficient (Wildman–Crippen LogP) is -0.580. The normalized spacial score (nSPS) is 11.2. The molecule has 94 valence electrons. The minimum Gasteiger partial charge on any atom is -1.00 e. The van der Waals surface area contributed by atoms with Crippen LogP contribution >= 0.6 is 0 Å². The molecule has 0 amide bonds. The van der Waals surface area contributed by atoms with Crippen molar-refractivity contribution in [3.05, 3.63) is 0 Å². The fraction of sp³-hybridized carbons (Fsp3) is 1.00. The quantitative estimate of drug-likeness (QED) is 0.341. The number of aliphatic hydroxyl groups excluding tert-OH is 1. The van der Waals surface area contributed by atoms with Crippen molar-refractivity contribution < 1.29 is 33.6 Å². The Morgan fingerprint density at radius 3 is 1.87 bits per heavy atom. The molecule has 2 nitrogen and oxygen atoms in total. The molecule has 15 heavy (non-hydrogen) atoms. The summed E-state index contributed by atoms with van der Waals surface area (Å²) in [7, 11) is 4.59. The number of unbranched alkanes of at least 4 members (excludes halogenated alkanes) is 4. The molecule has 0 unspecified atom stereocenters. The number of aliphatic hydroxyl groups is 1. The monoisotopic (exact) mass is 329 g/mol. The maximum Gasteiger partial charge on any atom is 0.0783 e. The lowest BCUT2D eigenvalue weighted by Gasteiger charge is -2.29. The van der Waals surface area contributed by atoms with Crippen molar-refractivity contribution in [1.82, 2.24) is 0 Å². The number of halogens is 1. The fourth-order valence-electron chi connectivity index (χ4n) is 1.73. The second-order valence-electron chi connectivity index (χ2n) is 4.87. The Hall–Kier alpha value is 0.650. The van der Waals surface area contributed by atoms with Gasteiger partial charge in [0.05, 0.1) is 27.2 Å². The van der Waals surface area contributed by atoms with Gasteiger partial charge in [-0.15, -0.1) is 0 Å². The molecule has 0 aliphatic carbocycles. The van der Waals surface area contributed by atoms with E-state index in [-0.39, 0.29) is 24.0 Å². The van der Waals surface area contributed by atoms with Crippen LogP contribution in [0.2, 0.25) is 0 Å². The minimum absolute atomic E-state index is 0. The highest BCUT2D eigenvalue weighted by Gasteiger charge is 2.12. The molecule has 0 rings (SSSR count). The summed E-state index contributed by atoms with van der Waals surface area (Å²) in [6.45, 7) is 5.08. The average molecular weight is 329 g/mol. The molecule has 0 bridgehead atoms. The van der Waals surface area contributed by atoms with E-state index in [1.165, 1.54) is 38.8 Å². The molecule has 0 aromatic rings. The van der Waals surface area contributed by atoms with E-state index < -0.39 is 0 Å². The van der Waals surface area contributed by atoms with Crippen LogP contribution in [-0.4, -0.2) is 43.4 Å². The molecule has 0 aliphatic rings. The number of nitrogens with zero attached hydrogens (tertiary/aromatic N) is 1. The van der Waals surface area contributed by atoms with Gasteiger partial charge >= 0.3 is 0 Å². The van der Waals surface area contributed by atoms with Crippen molar-refractivity contribution in [3.8, 4) is 0 Å². The first kappa shape index (κ1) is 18.0. The van der Waals surface area contributed by atoms with Crippen molar-refractivity contribution in [2.45, 2.75) is 45.4 Å². The van der Waals surface area contributed by atoms with Gasteiger partial charge in [-0.1, -0.05) is 19.8 Å². The second kappa shape index (κ2) is 11.1. The number of hydrogen-bond donors (Lipinski definition) is 1. The molecule has 0 heterocycles. The van der Waals surface area contributed by atoms with E-state index in [1.807, 2.05) is 0 Å². The number of quaternary nitrogens is 1. The molecule has 0 saturated heterocycles. The van der Waals surface area contributed by atoms with E-state index in [0.717, 1.165) is 17.3 Å². The van der Waals surface area contributed by atoms with Gasteiger partial charge in [-0.25, -0.2) is 0 Å². The summed E-state index contributed by atoms with van der Waals surface area (Å²) in [6, 6.07) is 0. The molecule has 0 aromatic carbocycles. The van der Waals surface area contributed by atoms with Gasteiger partial charge < -0.3 is 33.6 Å². The molecule has 3 heteroatoms. The van der Waals surface area contributed by atoms with Gasteiger partial charge in [0.2, 0.25) is 0 Å². The summed E-state index contributed by atoms with van der Waals surface area (Å²) in [5.74, 6) is 0. The molecule has 0 fully saturated rings. The first-order chi connectivity index (χ1) is 6.62. The summed E-state index contributed by atoms with van der Waals surface area (Å²) in [5.41, 5.74) is 0. The molecule has 0 atom stereocenters. The van der Waals surface area contributed by atoms with E-state index in [9.17, 15) is 0 Å². The lowest BCUT2D eigenvalue weighted by Crippen LogP contribution is -3.00. The van der Waals surface area contributed by atoms with Crippen molar-refractivity contribution in [3.63, 3.8) is 0 Å². The van der Waals surface area contributed by atoms with Gasteiger partial charge in [-0.3, -0.25) is 0 Å². The summed E-state index contributed by atoms with van der Waals surface area (Å²) in [4.78, 5) is 0. The summed E-state index contributed by atoms with van der Waals surface area (Å²) in [6.07, 6.45) is 7.51. The zero-order valence-electron chi connectivity index (χ0n) is 10.6. The van der Waals surface area contributed by atoms with Crippen molar-refractivity contribution in [2.24, 2.45) is 0 Å². The lowest BCUT2D eigenvalue weighted by atomic mass is 10.2. The maximum absolute atomic E-state index is 8.70. The van der Waals surface area contributed by atoms with Gasteiger partial charge in [-0.05, 0) is 25.7 Å². The third-order valence-electron chi connectivity index (χ3n) is 2.79. The van der Waals surface area contributed by atoms with Gasteiger partial charge in [0.15, 0.2) is 0 Å². The Morgan fingerprint density at radius 1 is 0.867 bits per heavy atom. The van der Waals surface area contributed by atoms with Crippen LogP contribution in [0.15, 0.2) is 0 Å². The standard InChI is InChI=1S/C12H28NO.HI/c1-4-5-6-7-10-13(2,3)11-8-9-12-14;/h14H,4-12H2,1-3H3;1H/q+1;/p-1. The first-order valence-electron chi connectivity index (χ1n) is 6.05. The first-order valence-corrected chi connectivity index (χ1v) is 6.05. The number of rotatable bonds is 9. The maximum atomic E-state index is 8.70. The molecule has 0 radical (unpaired) electrons. The molecule has 0 aromatic heterocycles. The lowest BCUT2D eigenvalue weighted by molar-refractivity contribution is -0.890. The Kier molecular flexibility index (Phi) is 13.4. The summed E-state index contributed by atoms with van der Waals surface area (Å²) >= 11 is 0. The van der Waals surface area contributed by atoms with Crippen LogP contribution in [0.3, 0.4) is 0 Å². The Bertz CT molecular complexity index is 129. The third-order valence-corrected chi connectivity index (χ3v) is 2.79. The van der Waals surface area contributed by atoms with E-state index in [2.05, 4.69) is 21.0 Å². The third kappa shape index (κ3) is 12.6. The van der Waals surface area contributed by atoms with Gasteiger partial charge in [0.1, 0.15) is 0 Å². The zero-order chi connectivity index (χ0) is 10.9. The average Bonchev–Trinajstić information content (AvgIpc) is 2.13. The van der Waals surface area contributed by atoms with Gasteiger partial charge in [0.25, 0.3) is 0 Å². The Labute approximate surface area is 113 Å². The van der Waals surface area contributed by atoms with Crippen LogP contribution < -0.4 is 24.0 Å². The van der Waals surface area contributed by atoms with Crippen molar-refractivity contribution >= 4 is 0 Å². The fourth-order valence-corrected chi connectivity index (χ4v) is 1.73. The zero-order valence-corrected chi connectivity index (χ0v) is 12.8. The molecular weight excluding hydrogens is 301 g/mol. The molecule has 1 N–H and O–H groups in total. The van der Waals surface area contributed by atoms with Crippen molar-refractivity contribution in [2.75, 3.05) is 33.8 Å². The van der Waals surface area contributed by atoms with Crippen LogP contribution in [0.5, 0.6) is 0 Å². The summed E-state index contributed by atoms with van der Waals surface area (Å²) in [5, 5.41) is 8.70. The van der Waals surface area contributed by atoms with Crippen LogP contribution in [0, 0.1) is 0 Å². The van der Waals surface area contributed by atoms with E-state index in [0.29, 0.717) is 6.61 Å². The largest absolute Gasteiger partial charge is 1.00 e. The Morgan fingerprint density at radius 2 is 1.40 bits per heavy atom. The SMILES string of the molecule is CCCCCC[N+](C)(C)CCCCO.[I-]. The molecule has 0 aliphatic heterocycles. The van der Waals surface area contributed by atoms with Gasteiger partial charge in [-0.2, -0.15) is 0 Å². The van der Waals surface area contributed by atoms with Gasteiger partial charge in [0, 0.05) is 6.61 Å². The highest BCUT2D eigenvalue weighted by atomic mass is 127. The highest BCUT2D eigenvalue weighted by molar-refractivity contribution is 4.42. The molecule has 0 spiro atoms. The van der Waals surface area contributed by atoms with Crippen LogP contribution in [0.1, 0.15) is 45.4 Å².